The first kappa shape index (κ1) is 15.8. The Morgan fingerprint density at radius 2 is 1.80 bits per heavy atom. The van der Waals surface area contributed by atoms with Crippen LogP contribution in [0.4, 0.5) is 0 Å². The van der Waals surface area contributed by atoms with Crippen LogP contribution in [0.2, 0.25) is 0 Å². The van der Waals surface area contributed by atoms with E-state index in [2.05, 4.69) is 0 Å². The third kappa shape index (κ3) is 2.25. The van der Waals surface area contributed by atoms with E-state index in [0.29, 0.717) is 22.8 Å². The van der Waals surface area contributed by atoms with Gasteiger partial charge in [-0.3, -0.25) is 0 Å². The van der Waals surface area contributed by atoms with E-state index in [0.717, 1.165) is 26.8 Å². The van der Waals surface area contributed by atoms with Gasteiger partial charge in [0.05, 0.1) is 26.9 Å². The molecule has 0 bridgehead atoms. The van der Waals surface area contributed by atoms with E-state index < -0.39 is 0 Å². The van der Waals surface area contributed by atoms with E-state index in [9.17, 15) is 4.79 Å². The number of cyclic esters (lactones) is 1. The summed E-state index contributed by atoms with van der Waals surface area (Å²) in [5, 5.41) is 2.98. The van der Waals surface area contributed by atoms with Crippen molar-refractivity contribution in [3.8, 4) is 28.4 Å². The molecule has 2 aromatic carbocycles. The molecular weight excluding hydrogens is 340 g/mol. The van der Waals surface area contributed by atoms with E-state index in [1.54, 1.807) is 32.7 Å². The van der Waals surface area contributed by atoms with Crippen LogP contribution in [0.3, 0.4) is 0 Å². The fourth-order valence-electron chi connectivity index (χ4n) is 3.30. The van der Waals surface area contributed by atoms with Gasteiger partial charge in [0.15, 0.2) is 11.5 Å². The fraction of sp³-hybridized carbons (Fsp3) is 0.211. The molecule has 128 valence electrons. The van der Waals surface area contributed by atoms with Crippen LogP contribution in [-0.4, -0.2) is 27.3 Å². The van der Waals surface area contributed by atoms with Gasteiger partial charge in [-0.25, -0.2) is 4.79 Å². The average Bonchev–Trinajstić information content (AvgIpc) is 3.26. The van der Waals surface area contributed by atoms with Crippen molar-refractivity contribution in [2.75, 3.05) is 21.3 Å². The van der Waals surface area contributed by atoms with Crippen LogP contribution in [0.15, 0.2) is 29.6 Å². The third-order valence-electron chi connectivity index (χ3n) is 4.39. The molecule has 0 unspecified atom stereocenters. The van der Waals surface area contributed by atoms with Crippen molar-refractivity contribution in [2.24, 2.45) is 0 Å². The van der Waals surface area contributed by atoms with Crippen molar-refractivity contribution < 1.29 is 23.7 Å². The topological polar surface area (TPSA) is 54.0 Å². The zero-order valence-electron chi connectivity index (χ0n) is 14.0. The normalized spacial score (nSPS) is 12.8. The predicted molar refractivity (Wildman–Crippen MR) is 96.0 cm³/mol. The summed E-state index contributed by atoms with van der Waals surface area (Å²) < 4.78 is 22.6. The first-order valence-corrected chi connectivity index (χ1v) is 8.57. The largest absolute Gasteiger partial charge is 0.496 e. The Balaban J connectivity index is 2.08. The van der Waals surface area contributed by atoms with Crippen LogP contribution in [0, 0.1) is 0 Å². The number of hydrogen-bond donors (Lipinski definition) is 0. The van der Waals surface area contributed by atoms with Gasteiger partial charge in [-0.05, 0) is 29.1 Å². The standard InChI is InChI=1S/C19H16O5S/c1-21-13-5-4-10(8-14(13)22-2)15-16-12(9-24-19(16)20)17(23-3)11-6-7-25-18(11)15/h4-8H,9H2,1-3H3. The molecule has 0 amide bonds. The Labute approximate surface area is 148 Å². The van der Waals surface area contributed by atoms with Crippen molar-refractivity contribution >= 4 is 27.4 Å². The number of carbonyl (C=O) groups is 1. The first-order valence-electron chi connectivity index (χ1n) is 7.69. The number of ether oxygens (including phenoxy) is 4. The number of benzene rings is 2. The van der Waals surface area contributed by atoms with Gasteiger partial charge in [-0.1, -0.05) is 6.07 Å². The second-order valence-corrected chi connectivity index (χ2v) is 6.49. The second kappa shape index (κ2) is 5.97. The van der Waals surface area contributed by atoms with E-state index in [4.69, 9.17) is 18.9 Å². The summed E-state index contributed by atoms with van der Waals surface area (Å²) in [6.07, 6.45) is 0. The van der Waals surface area contributed by atoms with Gasteiger partial charge in [0.1, 0.15) is 12.4 Å². The third-order valence-corrected chi connectivity index (χ3v) is 5.32. The van der Waals surface area contributed by atoms with Crippen LogP contribution >= 0.6 is 11.3 Å². The second-order valence-electron chi connectivity index (χ2n) is 5.57. The number of thiophene rings is 1. The highest BCUT2D eigenvalue weighted by atomic mass is 32.1. The number of hydrogen-bond acceptors (Lipinski definition) is 6. The summed E-state index contributed by atoms with van der Waals surface area (Å²) in [6, 6.07) is 7.65. The summed E-state index contributed by atoms with van der Waals surface area (Å²) in [6.45, 7) is 0.226. The van der Waals surface area contributed by atoms with Gasteiger partial charge in [0.25, 0.3) is 0 Å². The van der Waals surface area contributed by atoms with Crippen molar-refractivity contribution in [3.05, 3.63) is 40.8 Å². The van der Waals surface area contributed by atoms with E-state index in [-0.39, 0.29) is 12.6 Å². The maximum Gasteiger partial charge on any atom is 0.339 e. The Morgan fingerprint density at radius 3 is 2.52 bits per heavy atom. The van der Waals surface area contributed by atoms with Gasteiger partial charge >= 0.3 is 5.97 Å². The summed E-state index contributed by atoms with van der Waals surface area (Å²) in [4.78, 5) is 12.4. The maximum absolute atomic E-state index is 12.4. The van der Waals surface area contributed by atoms with Gasteiger partial charge in [0.2, 0.25) is 0 Å². The monoisotopic (exact) mass is 356 g/mol. The average molecular weight is 356 g/mol. The van der Waals surface area contributed by atoms with Gasteiger partial charge < -0.3 is 18.9 Å². The van der Waals surface area contributed by atoms with E-state index >= 15 is 0 Å². The van der Waals surface area contributed by atoms with Crippen molar-refractivity contribution in [1.29, 1.82) is 0 Å². The molecule has 1 aromatic heterocycles. The number of esters is 1. The molecule has 0 atom stereocenters. The lowest BCUT2D eigenvalue weighted by Gasteiger charge is -2.14. The molecule has 3 aromatic rings. The molecular formula is C19H16O5S. The molecule has 0 radical (unpaired) electrons. The summed E-state index contributed by atoms with van der Waals surface area (Å²) in [5.41, 5.74) is 3.09. The molecule has 5 nitrogen and oxygen atoms in total. The Bertz CT molecular complexity index is 989. The Morgan fingerprint density at radius 1 is 1.00 bits per heavy atom. The SMILES string of the molecule is COc1ccc(-c2c3c(c(OC)c4ccsc24)COC3=O)cc1OC. The zero-order chi connectivity index (χ0) is 17.6. The molecule has 6 heteroatoms. The van der Waals surface area contributed by atoms with Gasteiger partial charge in [-0.2, -0.15) is 0 Å². The van der Waals surface area contributed by atoms with Crippen LogP contribution < -0.4 is 14.2 Å². The Kier molecular flexibility index (Phi) is 3.77. The lowest BCUT2D eigenvalue weighted by molar-refractivity contribution is 0.0535. The zero-order valence-corrected chi connectivity index (χ0v) is 14.9. The van der Waals surface area contributed by atoms with Crippen LogP contribution in [0.1, 0.15) is 15.9 Å². The minimum Gasteiger partial charge on any atom is -0.496 e. The molecule has 0 N–H and O–H groups in total. The lowest BCUT2D eigenvalue weighted by atomic mass is 9.93. The molecule has 1 aliphatic rings. The van der Waals surface area contributed by atoms with Crippen molar-refractivity contribution in [1.82, 2.24) is 0 Å². The first-order chi connectivity index (χ1) is 12.2. The molecule has 1 aliphatic heterocycles. The quantitative estimate of drug-likeness (QED) is 0.654. The van der Waals surface area contributed by atoms with Crippen molar-refractivity contribution in [3.63, 3.8) is 0 Å². The van der Waals surface area contributed by atoms with Crippen molar-refractivity contribution in [2.45, 2.75) is 6.61 Å². The number of fused-ring (bicyclic) bond motifs is 2. The molecule has 0 saturated heterocycles. The van der Waals surface area contributed by atoms with E-state index in [1.165, 1.54) is 0 Å². The number of rotatable bonds is 4. The predicted octanol–water partition coefficient (Wildman–Crippen LogP) is 4.26. The summed E-state index contributed by atoms with van der Waals surface area (Å²) in [7, 11) is 4.80. The fourth-order valence-corrected chi connectivity index (χ4v) is 4.26. The molecule has 25 heavy (non-hydrogen) atoms. The molecule has 0 saturated carbocycles. The number of carbonyl (C=O) groups excluding carboxylic acids is 1. The molecule has 0 aliphatic carbocycles. The van der Waals surface area contributed by atoms with E-state index in [1.807, 2.05) is 29.6 Å². The molecule has 0 fully saturated rings. The summed E-state index contributed by atoms with van der Waals surface area (Å²) in [5.74, 6) is 1.64. The van der Waals surface area contributed by atoms with Gasteiger partial charge in [0, 0.05) is 21.2 Å². The maximum atomic E-state index is 12.4. The minimum atomic E-state index is -0.326. The smallest absolute Gasteiger partial charge is 0.339 e. The highest BCUT2D eigenvalue weighted by molar-refractivity contribution is 7.17. The minimum absolute atomic E-state index is 0.226. The highest BCUT2D eigenvalue weighted by Crippen LogP contribution is 2.47. The molecule has 0 spiro atoms. The molecule has 4 rings (SSSR count). The van der Waals surface area contributed by atoms with Crippen LogP contribution in [-0.2, 0) is 11.3 Å². The summed E-state index contributed by atoms with van der Waals surface area (Å²) >= 11 is 1.57. The lowest BCUT2D eigenvalue weighted by Crippen LogP contribution is -2.00. The Hall–Kier alpha value is -2.73. The highest BCUT2D eigenvalue weighted by Gasteiger charge is 2.32. The van der Waals surface area contributed by atoms with Gasteiger partial charge in [-0.15, -0.1) is 11.3 Å². The molecule has 2 heterocycles. The van der Waals surface area contributed by atoms with Crippen LogP contribution in [0.25, 0.3) is 21.2 Å². The van der Waals surface area contributed by atoms with Crippen LogP contribution in [0.5, 0.6) is 17.2 Å². The number of methoxy groups -OCH3 is 3.